The lowest BCUT2D eigenvalue weighted by Crippen LogP contribution is -2.01. The predicted molar refractivity (Wildman–Crippen MR) is 80.4 cm³/mol. The zero-order chi connectivity index (χ0) is 13.0. The van der Waals surface area contributed by atoms with Crippen LogP contribution in [0.1, 0.15) is 15.9 Å². The Labute approximate surface area is 120 Å². The zero-order valence-electron chi connectivity index (χ0n) is 10.0. The van der Waals surface area contributed by atoms with Crippen LogP contribution >= 0.6 is 27.7 Å². The molecule has 0 atom stereocenters. The molecule has 0 saturated carbocycles. The number of carbonyl (C=O) groups excluding carboxylic acids is 1. The largest absolute Gasteiger partial charge is 0.293 e. The van der Waals surface area contributed by atoms with Gasteiger partial charge in [-0.2, -0.15) is 0 Å². The summed E-state index contributed by atoms with van der Waals surface area (Å²) in [7, 11) is 0. The summed E-state index contributed by atoms with van der Waals surface area (Å²) < 4.78 is 0.991. The topological polar surface area (TPSA) is 17.1 Å². The summed E-state index contributed by atoms with van der Waals surface area (Å²) in [5.41, 5.74) is 2.00. The quantitative estimate of drug-likeness (QED) is 0.598. The molecule has 2 aromatic rings. The molecule has 2 aromatic carbocycles. The van der Waals surface area contributed by atoms with Crippen LogP contribution in [0.15, 0.2) is 57.9 Å². The highest BCUT2D eigenvalue weighted by Gasteiger charge is 2.06. The van der Waals surface area contributed by atoms with E-state index in [1.54, 1.807) is 11.8 Å². The first-order valence-corrected chi connectivity index (χ1v) is 7.41. The molecule has 0 unspecified atom stereocenters. The van der Waals surface area contributed by atoms with Crippen LogP contribution in [0.5, 0.6) is 0 Å². The second-order valence-electron chi connectivity index (χ2n) is 4.03. The molecule has 0 fully saturated rings. The van der Waals surface area contributed by atoms with Gasteiger partial charge in [-0.15, -0.1) is 11.8 Å². The van der Waals surface area contributed by atoms with Gasteiger partial charge in [0.05, 0.1) is 5.75 Å². The lowest BCUT2D eigenvalue weighted by molar-refractivity contribution is 0.102. The molecule has 0 radical (unpaired) electrons. The van der Waals surface area contributed by atoms with Crippen molar-refractivity contribution in [3.05, 3.63) is 64.1 Å². The number of carbonyl (C=O) groups is 1. The smallest absolute Gasteiger partial charge is 0.173 e. The molecule has 0 N–H and O–H groups in total. The molecule has 0 aliphatic rings. The van der Waals surface area contributed by atoms with E-state index in [0.717, 1.165) is 14.9 Å². The van der Waals surface area contributed by atoms with E-state index in [1.807, 2.05) is 24.3 Å². The van der Waals surface area contributed by atoms with Crippen LogP contribution < -0.4 is 0 Å². The first-order valence-electron chi connectivity index (χ1n) is 5.63. The van der Waals surface area contributed by atoms with E-state index in [-0.39, 0.29) is 5.78 Å². The number of ketones is 1. The summed E-state index contributed by atoms with van der Waals surface area (Å²) in [5, 5.41) is 0. The molecule has 92 valence electrons. The van der Waals surface area contributed by atoms with Crippen LogP contribution in [0.25, 0.3) is 0 Å². The Morgan fingerprint density at radius 3 is 2.28 bits per heavy atom. The zero-order valence-corrected chi connectivity index (χ0v) is 12.4. The van der Waals surface area contributed by atoms with E-state index in [0.29, 0.717) is 5.75 Å². The van der Waals surface area contributed by atoms with Crippen molar-refractivity contribution in [2.24, 2.45) is 0 Å². The highest BCUT2D eigenvalue weighted by Crippen LogP contribution is 2.20. The molecular weight excluding hydrogens is 308 g/mol. The van der Waals surface area contributed by atoms with Crippen molar-refractivity contribution in [3.63, 3.8) is 0 Å². The van der Waals surface area contributed by atoms with Crippen LogP contribution in [-0.2, 0) is 0 Å². The Kier molecular flexibility index (Phi) is 4.61. The molecular formula is C15H13BrOS. The van der Waals surface area contributed by atoms with E-state index in [1.165, 1.54) is 5.56 Å². The van der Waals surface area contributed by atoms with Gasteiger partial charge in [-0.3, -0.25) is 4.79 Å². The number of benzene rings is 2. The summed E-state index contributed by atoms with van der Waals surface area (Å²) in [4.78, 5) is 13.1. The third kappa shape index (κ3) is 3.72. The molecule has 0 saturated heterocycles. The Balaban J connectivity index is 1.96. The van der Waals surface area contributed by atoms with Gasteiger partial charge >= 0.3 is 0 Å². The average molecular weight is 321 g/mol. The number of hydrogen-bond acceptors (Lipinski definition) is 2. The number of hydrogen-bond donors (Lipinski definition) is 0. The highest BCUT2D eigenvalue weighted by atomic mass is 79.9. The van der Waals surface area contributed by atoms with E-state index in [4.69, 9.17) is 0 Å². The van der Waals surface area contributed by atoms with Crippen molar-refractivity contribution >= 4 is 33.5 Å². The van der Waals surface area contributed by atoms with Crippen molar-refractivity contribution in [1.82, 2.24) is 0 Å². The first-order chi connectivity index (χ1) is 8.65. The van der Waals surface area contributed by atoms with Crippen molar-refractivity contribution < 1.29 is 4.79 Å². The van der Waals surface area contributed by atoms with E-state index in [2.05, 4.69) is 47.1 Å². The number of halogens is 1. The SMILES string of the molecule is Cc1ccc(SCC(=O)c2ccc(Br)cc2)cc1. The standard InChI is InChI=1S/C15H13BrOS/c1-11-2-8-14(9-3-11)18-10-15(17)12-4-6-13(16)7-5-12/h2-9H,10H2,1H3. The number of thioether (sulfide) groups is 1. The van der Waals surface area contributed by atoms with Crippen molar-refractivity contribution in [1.29, 1.82) is 0 Å². The maximum absolute atomic E-state index is 12.0. The van der Waals surface area contributed by atoms with E-state index in [9.17, 15) is 4.79 Å². The molecule has 3 heteroatoms. The molecule has 0 aliphatic heterocycles. The van der Waals surface area contributed by atoms with Gasteiger partial charge in [0.1, 0.15) is 0 Å². The fourth-order valence-electron chi connectivity index (χ4n) is 1.50. The minimum Gasteiger partial charge on any atom is -0.293 e. The van der Waals surface area contributed by atoms with Gasteiger partial charge in [-0.05, 0) is 31.2 Å². The fraction of sp³-hybridized carbons (Fsp3) is 0.133. The molecule has 0 bridgehead atoms. The number of rotatable bonds is 4. The summed E-state index contributed by atoms with van der Waals surface area (Å²) in [6.07, 6.45) is 0. The first kappa shape index (κ1) is 13.4. The summed E-state index contributed by atoms with van der Waals surface area (Å²) in [6.45, 7) is 2.06. The van der Waals surface area contributed by atoms with Crippen LogP contribution in [0.3, 0.4) is 0 Å². The fourth-order valence-corrected chi connectivity index (χ4v) is 2.56. The maximum Gasteiger partial charge on any atom is 0.173 e. The minimum absolute atomic E-state index is 0.160. The molecule has 2 rings (SSSR count). The molecule has 0 spiro atoms. The Morgan fingerprint density at radius 1 is 1.06 bits per heavy atom. The monoisotopic (exact) mass is 320 g/mol. The Bertz CT molecular complexity index is 531. The van der Waals surface area contributed by atoms with Crippen LogP contribution in [0.4, 0.5) is 0 Å². The van der Waals surface area contributed by atoms with Crippen molar-refractivity contribution in [3.8, 4) is 0 Å². The predicted octanol–water partition coefficient (Wildman–Crippen LogP) is 4.73. The van der Waals surface area contributed by atoms with Gasteiger partial charge in [0.2, 0.25) is 0 Å². The summed E-state index contributed by atoms with van der Waals surface area (Å²) >= 11 is 4.94. The highest BCUT2D eigenvalue weighted by molar-refractivity contribution is 9.10. The normalized spacial score (nSPS) is 10.3. The Morgan fingerprint density at radius 2 is 1.67 bits per heavy atom. The lowest BCUT2D eigenvalue weighted by Gasteiger charge is -2.02. The van der Waals surface area contributed by atoms with Crippen LogP contribution in [0.2, 0.25) is 0 Å². The van der Waals surface area contributed by atoms with Gasteiger partial charge in [0.25, 0.3) is 0 Å². The second-order valence-corrected chi connectivity index (χ2v) is 6.00. The van der Waals surface area contributed by atoms with E-state index >= 15 is 0 Å². The van der Waals surface area contributed by atoms with Gasteiger partial charge in [-0.25, -0.2) is 0 Å². The van der Waals surface area contributed by atoms with Crippen LogP contribution in [-0.4, -0.2) is 11.5 Å². The van der Waals surface area contributed by atoms with Crippen molar-refractivity contribution in [2.75, 3.05) is 5.75 Å². The van der Waals surface area contributed by atoms with Gasteiger partial charge in [0.15, 0.2) is 5.78 Å². The average Bonchev–Trinajstić information content (AvgIpc) is 2.38. The molecule has 0 aliphatic carbocycles. The summed E-state index contributed by atoms with van der Waals surface area (Å²) in [6, 6.07) is 15.7. The maximum atomic E-state index is 12.0. The number of aryl methyl sites for hydroxylation is 1. The third-order valence-corrected chi connectivity index (χ3v) is 4.10. The number of Topliss-reactive ketones (excluding diaryl/α,β-unsaturated/α-hetero) is 1. The molecule has 18 heavy (non-hydrogen) atoms. The third-order valence-electron chi connectivity index (χ3n) is 2.56. The van der Waals surface area contributed by atoms with Gasteiger partial charge < -0.3 is 0 Å². The molecule has 1 nitrogen and oxygen atoms in total. The Hall–Kier alpha value is -1.06. The molecule has 0 heterocycles. The van der Waals surface area contributed by atoms with Crippen LogP contribution in [0, 0.1) is 6.92 Å². The second kappa shape index (κ2) is 6.21. The molecule has 0 amide bonds. The van der Waals surface area contributed by atoms with E-state index < -0.39 is 0 Å². The van der Waals surface area contributed by atoms with Crippen molar-refractivity contribution in [2.45, 2.75) is 11.8 Å². The molecule has 0 aromatic heterocycles. The summed E-state index contributed by atoms with van der Waals surface area (Å²) in [5.74, 6) is 0.637. The lowest BCUT2D eigenvalue weighted by atomic mass is 10.2. The minimum atomic E-state index is 0.160. The van der Waals surface area contributed by atoms with Gasteiger partial charge in [-0.1, -0.05) is 45.8 Å². The van der Waals surface area contributed by atoms with Gasteiger partial charge in [0, 0.05) is 14.9 Å².